The van der Waals surface area contributed by atoms with Gasteiger partial charge in [0.1, 0.15) is 0 Å². The summed E-state index contributed by atoms with van der Waals surface area (Å²) >= 11 is 0. The van der Waals surface area contributed by atoms with Gasteiger partial charge in [-0.1, -0.05) is 6.07 Å². The van der Waals surface area contributed by atoms with E-state index in [9.17, 15) is 13.9 Å². The summed E-state index contributed by atoms with van der Waals surface area (Å²) in [6, 6.07) is 2.39. The molecule has 1 fully saturated rings. The van der Waals surface area contributed by atoms with E-state index in [1.54, 1.807) is 0 Å². The van der Waals surface area contributed by atoms with Gasteiger partial charge in [0.25, 0.3) is 0 Å². The van der Waals surface area contributed by atoms with Crippen LogP contribution in [-0.4, -0.2) is 10.6 Å². The minimum absolute atomic E-state index is 0.318. The number of halogens is 2. The summed E-state index contributed by atoms with van der Waals surface area (Å²) in [5, 5.41) is 9.30. The number of aromatic hydroxyl groups is 1. The Morgan fingerprint density at radius 3 is 2.57 bits per heavy atom. The van der Waals surface area contributed by atoms with Crippen LogP contribution >= 0.6 is 0 Å². The average Bonchev–Trinajstić information content (AvgIpc) is 2.86. The van der Waals surface area contributed by atoms with Crippen LogP contribution in [0.2, 0.25) is 0 Å². The maximum absolute atomic E-state index is 12.9. The van der Waals surface area contributed by atoms with Gasteiger partial charge in [-0.15, -0.1) is 0 Å². The Kier molecular flexibility index (Phi) is 1.96. The third-order valence-corrected chi connectivity index (χ3v) is 2.59. The lowest BCUT2D eigenvalue weighted by molar-refractivity contribution is 0.399. The Labute approximate surface area is 80.4 Å². The second kappa shape index (κ2) is 2.92. The van der Waals surface area contributed by atoms with Gasteiger partial charge in [0.05, 0.1) is 0 Å². The first-order chi connectivity index (χ1) is 6.52. The fraction of sp³-hybridized carbons (Fsp3) is 0.400. The highest BCUT2D eigenvalue weighted by atomic mass is 19.2. The van der Waals surface area contributed by atoms with Gasteiger partial charge in [-0.2, -0.15) is 4.39 Å². The monoisotopic (exact) mass is 199 g/mol. The zero-order chi connectivity index (χ0) is 10.3. The van der Waals surface area contributed by atoms with Gasteiger partial charge in [0, 0.05) is 5.54 Å². The van der Waals surface area contributed by atoms with Crippen molar-refractivity contribution in [1.82, 2.24) is 0 Å². The first-order valence-corrected chi connectivity index (χ1v) is 4.47. The van der Waals surface area contributed by atoms with Gasteiger partial charge in [-0.25, -0.2) is 4.39 Å². The van der Waals surface area contributed by atoms with E-state index in [0.29, 0.717) is 12.0 Å². The molecule has 2 nitrogen and oxygen atoms in total. The molecule has 1 aromatic carbocycles. The summed E-state index contributed by atoms with van der Waals surface area (Å²) in [6.07, 6.45) is 2.13. The molecule has 0 saturated heterocycles. The predicted molar refractivity (Wildman–Crippen MR) is 47.9 cm³/mol. The number of phenolic OH excluding ortho intramolecular Hbond substituents is 1. The topological polar surface area (TPSA) is 46.2 Å². The normalized spacial score (nSPS) is 18.2. The van der Waals surface area contributed by atoms with Crippen molar-refractivity contribution in [3.8, 4) is 5.75 Å². The third kappa shape index (κ3) is 1.57. The standard InChI is InChI=1S/C10H11F2NO/c11-7-2-1-6(9(14)8(7)12)5-10(13)3-4-10/h1-2,14H,3-5,13H2. The molecule has 4 heteroatoms. The molecule has 1 aromatic rings. The molecule has 0 aromatic heterocycles. The van der Waals surface area contributed by atoms with E-state index in [1.165, 1.54) is 6.07 Å². The molecule has 0 aliphatic heterocycles. The summed E-state index contributed by atoms with van der Waals surface area (Å²) in [6.45, 7) is 0. The van der Waals surface area contributed by atoms with Gasteiger partial charge in [0.15, 0.2) is 11.6 Å². The van der Waals surface area contributed by atoms with Crippen molar-refractivity contribution >= 4 is 0 Å². The maximum Gasteiger partial charge on any atom is 0.200 e. The number of benzene rings is 1. The fourth-order valence-electron chi connectivity index (χ4n) is 1.44. The molecule has 3 N–H and O–H groups in total. The molecule has 76 valence electrons. The SMILES string of the molecule is NC1(Cc2ccc(F)c(F)c2O)CC1. The lowest BCUT2D eigenvalue weighted by Crippen LogP contribution is -2.24. The van der Waals surface area contributed by atoms with Gasteiger partial charge in [0.2, 0.25) is 5.82 Å². The molecule has 0 radical (unpaired) electrons. The van der Waals surface area contributed by atoms with Gasteiger partial charge in [-0.05, 0) is 30.9 Å². The van der Waals surface area contributed by atoms with Crippen LogP contribution in [0.1, 0.15) is 18.4 Å². The number of phenols is 1. The van der Waals surface area contributed by atoms with Crippen molar-refractivity contribution in [2.24, 2.45) is 5.73 Å². The zero-order valence-electron chi connectivity index (χ0n) is 7.56. The molecule has 1 aliphatic rings. The van der Waals surface area contributed by atoms with E-state index in [1.807, 2.05) is 0 Å². The molecular weight excluding hydrogens is 188 g/mol. The highest BCUT2D eigenvalue weighted by Crippen LogP contribution is 2.38. The van der Waals surface area contributed by atoms with Crippen molar-refractivity contribution in [3.63, 3.8) is 0 Å². The largest absolute Gasteiger partial charge is 0.505 e. The lowest BCUT2D eigenvalue weighted by Gasteiger charge is -2.10. The maximum atomic E-state index is 12.9. The summed E-state index contributed by atoms with van der Waals surface area (Å²) in [7, 11) is 0. The van der Waals surface area contributed by atoms with Crippen LogP contribution in [-0.2, 0) is 6.42 Å². The zero-order valence-corrected chi connectivity index (χ0v) is 7.56. The number of rotatable bonds is 2. The Bertz CT molecular complexity index is 375. The Hall–Kier alpha value is -1.16. The van der Waals surface area contributed by atoms with E-state index in [-0.39, 0.29) is 5.54 Å². The quantitative estimate of drug-likeness (QED) is 0.761. The van der Waals surface area contributed by atoms with Crippen LogP contribution in [0.25, 0.3) is 0 Å². The molecule has 0 spiro atoms. The Morgan fingerprint density at radius 1 is 1.36 bits per heavy atom. The van der Waals surface area contributed by atoms with Crippen molar-refractivity contribution in [3.05, 3.63) is 29.3 Å². The molecule has 2 rings (SSSR count). The summed E-state index contributed by atoms with van der Waals surface area (Å²) in [5.41, 5.74) is 5.87. The molecule has 1 aliphatic carbocycles. The van der Waals surface area contributed by atoms with E-state index >= 15 is 0 Å². The second-order valence-corrected chi connectivity index (χ2v) is 3.91. The smallest absolute Gasteiger partial charge is 0.200 e. The van der Waals surface area contributed by atoms with Crippen molar-refractivity contribution in [2.45, 2.75) is 24.8 Å². The number of nitrogens with two attached hydrogens (primary N) is 1. The van der Waals surface area contributed by atoms with Crippen molar-refractivity contribution < 1.29 is 13.9 Å². The van der Waals surface area contributed by atoms with Gasteiger partial charge < -0.3 is 10.8 Å². The van der Waals surface area contributed by atoms with Crippen LogP contribution in [0.3, 0.4) is 0 Å². The summed E-state index contributed by atoms with van der Waals surface area (Å²) in [4.78, 5) is 0. The molecule has 1 saturated carbocycles. The van der Waals surface area contributed by atoms with E-state index in [0.717, 1.165) is 18.9 Å². The molecule has 0 unspecified atom stereocenters. The van der Waals surface area contributed by atoms with Gasteiger partial charge >= 0.3 is 0 Å². The molecule has 0 heterocycles. The van der Waals surface area contributed by atoms with Crippen molar-refractivity contribution in [2.75, 3.05) is 0 Å². The van der Waals surface area contributed by atoms with E-state index in [4.69, 9.17) is 5.73 Å². The van der Waals surface area contributed by atoms with Crippen LogP contribution in [0.4, 0.5) is 8.78 Å². The van der Waals surface area contributed by atoms with Crippen LogP contribution in [0.5, 0.6) is 5.75 Å². The van der Waals surface area contributed by atoms with E-state index in [2.05, 4.69) is 0 Å². The Morgan fingerprint density at radius 2 is 2.00 bits per heavy atom. The average molecular weight is 199 g/mol. The van der Waals surface area contributed by atoms with Crippen molar-refractivity contribution in [1.29, 1.82) is 0 Å². The summed E-state index contributed by atoms with van der Waals surface area (Å²) < 4.78 is 25.6. The van der Waals surface area contributed by atoms with E-state index < -0.39 is 17.4 Å². The second-order valence-electron chi connectivity index (χ2n) is 3.91. The summed E-state index contributed by atoms with van der Waals surface area (Å²) in [5.74, 6) is -2.83. The molecule has 0 atom stereocenters. The first-order valence-electron chi connectivity index (χ1n) is 4.47. The highest BCUT2D eigenvalue weighted by Gasteiger charge is 2.38. The lowest BCUT2D eigenvalue weighted by atomic mass is 10.0. The minimum atomic E-state index is -1.19. The van der Waals surface area contributed by atoms with Gasteiger partial charge in [-0.3, -0.25) is 0 Å². The molecule has 0 amide bonds. The molecular formula is C10H11F2NO. The number of hydrogen-bond acceptors (Lipinski definition) is 2. The molecule has 14 heavy (non-hydrogen) atoms. The number of hydrogen-bond donors (Lipinski definition) is 2. The fourth-order valence-corrected chi connectivity index (χ4v) is 1.44. The first kappa shape index (κ1) is 9.40. The van der Waals surface area contributed by atoms with Crippen LogP contribution in [0.15, 0.2) is 12.1 Å². The predicted octanol–water partition coefficient (Wildman–Crippen LogP) is 1.70. The third-order valence-electron chi connectivity index (χ3n) is 2.59. The van der Waals surface area contributed by atoms with Crippen LogP contribution in [0, 0.1) is 11.6 Å². The Balaban J connectivity index is 2.30. The minimum Gasteiger partial charge on any atom is -0.505 e. The molecule has 0 bridgehead atoms. The highest BCUT2D eigenvalue weighted by molar-refractivity contribution is 5.36. The van der Waals surface area contributed by atoms with Crippen LogP contribution < -0.4 is 5.73 Å².